The first-order valence-electron chi connectivity index (χ1n) is 13.0. The van der Waals surface area contributed by atoms with E-state index in [1.54, 1.807) is 18.2 Å². The molecule has 0 aromatic heterocycles. The van der Waals surface area contributed by atoms with Crippen LogP contribution in [0, 0.1) is 0 Å². The number of halogens is 1. The Labute approximate surface area is 226 Å². The van der Waals surface area contributed by atoms with Crippen molar-refractivity contribution in [1.29, 1.82) is 0 Å². The van der Waals surface area contributed by atoms with E-state index in [9.17, 15) is 24.1 Å². The normalized spacial score (nSPS) is 30.2. The topological polar surface area (TPSA) is 141 Å². The number of ketones is 1. The summed E-state index contributed by atoms with van der Waals surface area (Å²) in [6.07, 6.45) is 1.41. The first-order chi connectivity index (χ1) is 18.5. The van der Waals surface area contributed by atoms with Gasteiger partial charge in [0, 0.05) is 6.20 Å². The molecule has 1 aliphatic carbocycles. The highest BCUT2D eigenvalue weighted by Gasteiger charge is 2.57. The van der Waals surface area contributed by atoms with E-state index in [1.807, 2.05) is 0 Å². The Kier molecular flexibility index (Phi) is 9.23. The van der Waals surface area contributed by atoms with Gasteiger partial charge in [-0.1, -0.05) is 24.6 Å². The van der Waals surface area contributed by atoms with Crippen molar-refractivity contribution in [1.82, 2.24) is 9.99 Å². The molecule has 0 radical (unpaired) electrons. The van der Waals surface area contributed by atoms with Crippen LogP contribution in [-0.2, 0) is 32.9 Å². The number of carbonyl (C=O) groups excluding carboxylic acids is 3. The highest BCUT2D eigenvalue weighted by Crippen LogP contribution is 2.47. The van der Waals surface area contributed by atoms with E-state index in [1.165, 1.54) is 19.1 Å². The van der Waals surface area contributed by atoms with Gasteiger partial charge in [-0.2, -0.15) is 5.09 Å². The van der Waals surface area contributed by atoms with E-state index < -0.39 is 68.6 Å². The standard InChI is InChI=1S/C26H34FN2O9P/c1-17(24(33)36-19-9-5-3-6-10-19)28-39(34,38-20-11-7-4-8-12-20)35-16-21-23(32)26(2,27)25(37-21)29-14-13-18(30)15-22(29)31/h4,7-8,11-14,17,19,21,23,25,32H,3,5-6,9-10,15-16H2,1-2H3,(H,28,34)/t17-,21+,23+,25+,26+,39?/m0/s1. The van der Waals surface area contributed by atoms with Gasteiger partial charge in [0.15, 0.2) is 17.7 Å². The summed E-state index contributed by atoms with van der Waals surface area (Å²) in [5.41, 5.74) is -2.44. The molecular formula is C26H34FN2O9P. The number of nitrogens with one attached hydrogen (secondary N) is 1. The van der Waals surface area contributed by atoms with E-state index in [4.69, 9.17) is 18.5 Å². The molecule has 1 aromatic carbocycles. The predicted molar refractivity (Wildman–Crippen MR) is 136 cm³/mol. The molecule has 3 aliphatic rings. The lowest BCUT2D eigenvalue weighted by molar-refractivity contribution is -0.152. The molecule has 1 unspecified atom stereocenters. The molecule has 1 saturated carbocycles. The van der Waals surface area contributed by atoms with Gasteiger partial charge >= 0.3 is 13.7 Å². The second-order valence-corrected chi connectivity index (χ2v) is 11.8. The number of hydrogen-bond donors (Lipinski definition) is 2. The number of aliphatic hydroxyl groups is 1. The molecule has 39 heavy (non-hydrogen) atoms. The number of amides is 1. The minimum absolute atomic E-state index is 0.177. The molecule has 2 fully saturated rings. The van der Waals surface area contributed by atoms with Crippen molar-refractivity contribution < 1.29 is 47.0 Å². The van der Waals surface area contributed by atoms with Crippen molar-refractivity contribution in [3.63, 3.8) is 0 Å². The van der Waals surface area contributed by atoms with E-state index >= 15 is 4.39 Å². The zero-order chi connectivity index (χ0) is 28.2. The van der Waals surface area contributed by atoms with Gasteiger partial charge in [-0.15, -0.1) is 0 Å². The summed E-state index contributed by atoms with van der Waals surface area (Å²) in [6.45, 7) is 1.91. The maximum Gasteiger partial charge on any atom is 0.459 e. The number of carbonyl (C=O) groups is 3. The number of rotatable bonds is 10. The van der Waals surface area contributed by atoms with Gasteiger partial charge in [0.1, 0.15) is 30.1 Å². The van der Waals surface area contributed by atoms with Crippen molar-refractivity contribution >= 4 is 25.4 Å². The molecule has 11 nitrogen and oxygen atoms in total. The van der Waals surface area contributed by atoms with Crippen molar-refractivity contribution in [2.75, 3.05) is 6.61 Å². The number of ether oxygens (including phenoxy) is 2. The molecule has 0 bridgehead atoms. The second kappa shape index (κ2) is 12.3. The first kappa shape index (κ1) is 29.4. The lowest BCUT2D eigenvalue weighted by Crippen LogP contribution is -2.51. The number of benzene rings is 1. The molecule has 13 heteroatoms. The van der Waals surface area contributed by atoms with E-state index in [0.29, 0.717) is 0 Å². The smallest absolute Gasteiger partial charge is 0.459 e. The highest BCUT2D eigenvalue weighted by molar-refractivity contribution is 7.52. The quantitative estimate of drug-likeness (QED) is 0.246. The third-order valence-corrected chi connectivity index (χ3v) is 8.57. The van der Waals surface area contributed by atoms with Gasteiger partial charge in [0.05, 0.1) is 13.0 Å². The molecule has 0 spiro atoms. The lowest BCUT2D eigenvalue weighted by Gasteiger charge is -2.32. The van der Waals surface area contributed by atoms with Crippen LogP contribution >= 0.6 is 7.75 Å². The number of esters is 1. The minimum Gasteiger partial charge on any atom is -0.461 e. The molecule has 2 N–H and O–H groups in total. The molecule has 214 valence electrons. The Hall–Kier alpha value is -2.63. The van der Waals surface area contributed by atoms with Crippen LogP contribution in [-0.4, -0.2) is 70.5 Å². The maximum atomic E-state index is 15.6. The fourth-order valence-electron chi connectivity index (χ4n) is 4.73. The number of para-hydroxylation sites is 1. The molecule has 4 rings (SSSR count). The molecule has 1 saturated heterocycles. The summed E-state index contributed by atoms with van der Waals surface area (Å²) in [6, 6.07) is 7.02. The number of allylic oxidation sites excluding steroid dienone is 1. The Morgan fingerprint density at radius 1 is 1.26 bits per heavy atom. The van der Waals surface area contributed by atoms with Crippen LogP contribution in [0.4, 0.5) is 4.39 Å². The van der Waals surface area contributed by atoms with Crippen LogP contribution in [0.2, 0.25) is 0 Å². The van der Waals surface area contributed by atoms with Crippen molar-refractivity contribution in [3.05, 3.63) is 42.6 Å². The van der Waals surface area contributed by atoms with Gasteiger partial charge < -0.3 is 19.1 Å². The Balaban J connectivity index is 1.45. The Morgan fingerprint density at radius 2 is 1.95 bits per heavy atom. The van der Waals surface area contributed by atoms with Crippen LogP contribution in [0.15, 0.2) is 42.6 Å². The third-order valence-electron chi connectivity index (χ3n) is 6.92. The number of hydrogen-bond acceptors (Lipinski definition) is 9. The summed E-state index contributed by atoms with van der Waals surface area (Å²) in [5.74, 6) is -1.57. The second-order valence-electron chi connectivity index (χ2n) is 10.1. The zero-order valence-electron chi connectivity index (χ0n) is 21.9. The number of nitrogens with zero attached hydrogens (tertiary/aromatic N) is 1. The zero-order valence-corrected chi connectivity index (χ0v) is 22.8. The number of alkyl halides is 1. The molecule has 6 atom stereocenters. The van der Waals surface area contributed by atoms with Gasteiger partial charge in [-0.3, -0.25) is 23.8 Å². The summed E-state index contributed by atoms with van der Waals surface area (Å²) in [5, 5.41) is 13.2. The summed E-state index contributed by atoms with van der Waals surface area (Å²) < 4.78 is 51.7. The fraction of sp³-hybridized carbons (Fsp3) is 0.577. The summed E-state index contributed by atoms with van der Waals surface area (Å²) in [4.78, 5) is 37.4. The van der Waals surface area contributed by atoms with Crippen LogP contribution in [0.5, 0.6) is 5.75 Å². The van der Waals surface area contributed by atoms with Crippen molar-refractivity contribution in [2.45, 2.75) is 88.6 Å². The van der Waals surface area contributed by atoms with Crippen molar-refractivity contribution in [3.8, 4) is 5.75 Å². The van der Waals surface area contributed by atoms with Gasteiger partial charge in [0.25, 0.3) is 0 Å². The minimum atomic E-state index is -4.30. The Bertz CT molecular complexity index is 1130. The highest BCUT2D eigenvalue weighted by atomic mass is 31.2. The van der Waals surface area contributed by atoms with Gasteiger partial charge in [0.2, 0.25) is 5.91 Å². The first-order valence-corrected chi connectivity index (χ1v) is 14.5. The van der Waals surface area contributed by atoms with E-state index in [2.05, 4.69) is 5.09 Å². The summed E-state index contributed by atoms with van der Waals surface area (Å²) in [7, 11) is -4.30. The molecule has 1 aromatic rings. The lowest BCUT2D eigenvalue weighted by atomic mass is 9.97. The van der Waals surface area contributed by atoms with E-state index in [-0.39, 0.29) is 11.9 Å². The van der Waals surface area contributed by atoms with Gasteiger partial charge in [-0.25, -0.2) is 8.96 Å². The van der Waals surface area contributed by atoms with Gasteiger partial charge in [-0.05, 0) is 57.7 Å². The van der Waals surface area contributed by atoms with E-state index in [0.717, 1.165) is 56.2 Å². The van der Waals surface area contributed by atoms with Crippen LogP contribution in [0.3, 0.4) is 0 Å². The summed E-state index contributed by atoms with van der Waals surface area (Å²) >= 11 is 0. The van der Waals surface area contributed by atoms with Crippen LogP contribution in [0.1, 0.15) is 52.4 Å². The molecule has 1 amide bonds. The average Bonchev–Trinajstić information content (AvgIpc) is 3.12. The average molecular weight is 569 g/mol. The molecule has 2 heterocycles. The SMILES string of the molecule is C[C@H](NP(=O)(OC[C@H]1O[C@@H](N2C=CC(=O)CC2=O)[C@](C)(F)[C@@H]1O)Oc1ccccc1)C(=O)OC1CCCCC1. The fourth-order valence-corrected chi connectivity index (χ4v) is 6.23. The number of aliphatic hydroxyl groups excluding tert-OH is 1. The van der Waals surface area contributed by atoms with Crippen LogP contribution < -0.4 is 9.61 Å². The molecule has 2 aliphatic heterocycles. The largest absolute Gasteiger partial charge is 0.461 e. The monoisotopic (exact) mass is 568 g/mol. The maximum absolute atomic E-state index is 15.6. The third kappa shape index (κ3) is 7.12. The van der Waals surface area contributed by atoms with Crippen LogP contribution in [0.25, 0.3) is 0 Å². The Morgan fingerprint density at radius 3 is 2.62 bits per heavy atom. The molecular weight excluding hydrogens is 534 g/mol. The predicted octanol–water partition coefficient (Wildman–Crippen LogP) is 3.17. The van der Waals surface area contributed by atoms with Crippen molar-refractivity contribution in [2.24, 2.45) is 0 Å².